The number of hydrogen-bond donors (Lipinski definition) is 1. The molecule has 1 aliphatic heterocycles. The van der Waals surface area contributed by atoms with Crippen LogP contribution in [0.1, 0.15) is 32.9 Å². The van der Waals surface area contributed by atoms with E-state index in [1.165, 1.54) is 11.4 Å². The molecule has 2 rings (SSSR count). The maximum atomic E-state index is 4.57. The van der Waals surface area contributed by atoms with Crippen LogP contribution in [0.5, 0.6) is 0 Å². The van der Waals surface area contributed by atoms with Crippen LogP contribution in [0.25, 0.3) is 6.08 Å². The summed E-state index contributed by atoms with van der Waals surface area (Å²) in [5, 5.41) is 0. The summed E-state index contributed by atoms with van der Waals surface area (Å²) in [6, 6.07) is 4.07. The summed E-state index contributed by atoms with van der Waals surface area (Å²) < 4.78 is 0. The van der Waals surface area contributed by atoms with E-state index in [1.54, 1.807) is 0 Å². The van der Waals surface area contributed by atoms with Gasteiger partial charge >= 0.3 is 0 Å². The maximum Gasteiger partial charge on any atom is 0.0483 e. The van der Waals surface area contributed by atoms with Crippen LogP contribution in [0.4, 0.5) is 0 Å². The van der Waals surface area contributed by atoms with Gasteiger partial charge in [-0.05, 0) is 31.6 Å². The summed E-state index contributed by atoms with van der Waals surface area (Å²) >= 11 is 0. The molecule has 0 saturated heterocycles. The predicted molar refractivity (Wildman–Crippen MR) is 60.3 cm³/mol. The van der Waals surface area contributed by atoms with Crippen molar-refractivity contribution >= 4 is 11.8 Å². The minimum Gasteiger partial charge on any atom is -0.362 e. The Labute approximate surface area is 84.8 Å². The molecule has 14 heavy (non-hydrogen) atoms. The minimum atomic E-state index is 0.190. The molecular formula is C12H16N2. The molecule has 1 aliphatic rings. The second-order valence-electron chi connectivity index (χ2n) is 4.56. The van der Waals surface area contributed by atoms with Crippen LogP contribution in [0.15, 0.2) is 29.0 Å². The summed E-state index contributed by atoms with van der Waals surface area (Å²) in [5.41, 5.74) is 3.73. The number of aromatic amines is 1. The lowest BCUT2D eigenvalue weighted by Crippen LogP contribution is -2.09. The van der Waals surface area contributed by atoms with Crippen molar-refractivity contribution in [3.63, 3.8) is 0 Å². The van der Waals surface area contributed by atoms with E-state index in [1.807, 2.05) is 12.3 Å². The van der Waals surface area contributed by atoms with Gasteiger partial charge in [0.25, 0.3) is 0 Å². The van der Waals surface area contributed by atoms with Crippen LogP contribution in [0, 0.1) is 5.41 Å². The SMILES string of the molecule is CC1=N/C(=C\c2ccc[nH]2)C(C)(C)C1. The van der Waals surface area contributed by atoms with Gasteiger partial charge in [-0.25, -0.2) is 0 Å². The first-order valence-corrected chi connectivity index (χ1v) is 4.98. The van der Waals surface area contributed by atoms with E-state index in [0.717, 1.165) is 12.1 Å². The predicted octanol–water partition coefficient (Wildman–Crippen LogP) is 3.25. The highest BCUT2D eigenvalue weighted by Crippen LogP contribution is 2.38. The Morgan fingerprint density at radius 2 is 2.29 bits per heavy atom. The molecule has 0 aliphatic carbocycles. The van der Waals surface area contributed by atoms with E-state index < -0.39 is 0 Å². The van der Waals surface area contributed by atoms with E-state index in [2.05, 4.69) is 42.9 Å². The molecule has 0 unspecified atom stereocenters. The molecule has 0 fully saturated rings. The zero-order valence-corrected chi connectivity index (χ0v) is 8.96. The largest absolute Gasteiger partial charge is 0.362 e. The molecule has 1 N–H and O–H groups in total. The highest BCUT2D eigenvalue weighted by atomic mass is 14.8. The Kier molecular flexibility index (Phi) is 2.06. The van der Waals surface area contributed by atoms with Crippen molar-refractivity contribution in [2.24, 2.45) is 10.4 Å². The normalized spacial score (nSPS) is 22.8. The summed E-state index contributed by atoms with van der Waals surface area (Å²) in [5.74, 6) is 0. The van der Waals surface area contributed by atoms with Crippen molar-refractivity contribution in [3.8, 4) is 0 Å². The van der Waals surface area contributed by atoms with E-state index >= 15 is 0 Å². The van der Waals surface area contributed by atoms with E-state index in [4.69, 9.17) is 0 Å². The standard InChI is InChI=1S/C12H16N2/c1-9-8-12(2,3)11(14-9)7-10-5-4-6-13-10/h4-7,13H,8H2,1-3H3/b11-7-. The lowest BCUT2D eigenvalue weighted by Gasteiger charge is -2.17. The van der Waals surface area contributed by atoms with Crippen LogP contribution in [-0.4, -0.2) is 10.7 Å². The van der Waals surface area contributed by atoms with Gasteiger partial charge in [0.15, 0.2) is 0 Å². The molecule has 2 nitrogen and oxygen atoms in total. The second kappa shape index (κ2) is 3.12. The minimum absolute atomic E-state index is 0.190. The summed E-state index contributed by atoms with van der Waals surface area (Å²) in [7, 11) is 0. The van der Waals surface area contributed by atoms with Gasteiger partial charge in [0.2, 0.25) is 0 Å². The van der Waals surface area contributed by atoms with Crippen molar-refractivity contribution in [2.75, 3.05) is 0 Å². The third-order valence-electron chi connectivity index (χ3n) is 2.62. The number of nitrogens with zero attached hydrogens (tertiary/aromatic N) is 1. The molecular weight excluding hydrogens is 172 g/mol. The van der Waals surface area contributed by atoms with Crippen molar-refractivity contribution in [2.45, 2.75) is 27.2 Å². The Morgan fingerprint density at radius 3 is 2.79 bits per heavy atom. The fourth-order valence-corrected chi connectivity index (χ4v) is 1.94. The highest BCUT2D eigenvalue weighted by Gasteiger charge is 2.29. The van der Waals surface area contributed by atoms with Crippen LogP contribution >= 0.6 is 0 Å². The molecule has 1 aromatic heterocycles. The van der Waals surface area contributed by atoms with Gasteiger partial charge in [0.05, 0.1) is 0 Å². The van der Waals surface area contributed by atoms with Gasteiger partial charge in [-0.15, -0.1) is 0 Å². The molecule has 0 amide bonds. The lowest BCUT2D eigenvalue weighted by molar-refractivity contribution is 0.488. The average Bonchev–Trinajstić information content (AvgIpc) is 2.61. The van der Waals surface area contributed by atoms with Crippen LogP contribution in [-0.2, 0) is 0 Å². The van der Waals surface area contributed by atoms with Gasteiger partial charge in [-0.2, -0.15) is 0 Å². The van der Waals surface area contributed by atoms with Crippen LogP contribution < -0.4 is 0 Å². The summed E-state index contributed by atoms with van der Waals surface area (Å²) in [6.45, 7) is 6.57. The summed E-state index contributed by atoms with van der Waals surface area (Å²) in [4.78, 5) is 7.74. The van der Waals surface area contributed by atoms with Gasteiger partial charge in [0.1, 0.15) is 0 Å². The number of aliphatic imine (C=N–C) groups is 1. The van der Waals surface area contributed by atoms with Gasteiger partial charge in [-0.1, -0.05) is 13.8 Å². The Hall–Kier alpha value is -1.31. The monoisotopic (exact) mass is 188 g/mol. The first-order chi connectivity index (χ1) is 6.58. The molecule has 0 saturated carbocycles. The van der Waals surface area contributed by atoms with Gasteiger partial charge in [-0.3, -0.25) is 4.99 Å². The first-order valence-electron chi connectivity index (χ1n) is 4.98. The number of H-pyrrole nitrogens is 1. The number of aromatic nitrogens is 1. The zero-order valence-electron chi connectivity index (χ0n) is 8.96. The zero-order chi connectivity index (χ0) is 10.2. The second-order valence-corrected chi connectivity index (χ2v) is 4.56. The van der Waals surface area contributed by atoms with Gasteiger partial charge < -0.3 is 4.98 Å². The molecule has 2 heteroatoms. The number of hydrogen-bond acceptors (Lipinski definition) is 1. The van der Waals surface area contributed by atoms with Crippen molar-refractivity contribution in [1.82, 2.24) is 4.98 Å². The molecule has 0 bridgehead atoms. The van der Waals surface area contributed by atoms with Crippen molar-refractivity contribution in [3.05, 3.63) is 29.7 Å². The third-order valence-corrected chi connectivity index (χ3v) is 2.62. The average molecular weight is 188 g/mol. The molecule has 0 radical (unpaired) electrons. The number of nitrogens with one attached hydrogen (secondary N) is 1. The molecule has 2 heterocycles. The van der Waals surface area contributed by atoms with Crippen molar-refractivity contribution in [1.29, 1.82) is 0 Å². The molecule has 0 atom stereocenters. The number of allylic oxidation sites excluding steroid dienone is 1. The smallest absolute Gasteiger partial charge is 0.0483 e. The molecule has 1 aromatic rings. The van der Waals surface area contributed by atoms with E-state index in [-0.39, 0.29) is 5.41 Å². The third kappa shape index (κ3) is 1.65. The molecule has 74 valence electrons. The summed E-state index contributed by atoms with van der Waals surface area (Å²) in [6.07, 6.45) is 5.14. The van der Waals surface area contributed by atoms with Crippen LogP contribution in [0.2, 0.25) is 0 Å². The van der Waals surface area contributed by atoms with Gasteiger partial charge in [0, 0.05) is 28.7 Å². The molecule has 0 aromatic carbocycles. The van der Waals surface area contributed by atoms with Crippen LogP contribution in [0.3, 0.4) is 0 Å². The van der Waals surface area contributed by atoms with E-state index in [9.17, 15) is 0 Å². The Bertz CT molecular complexity index is 380. The van der Waals surface area contributed by atoms with E-state index in [0.29, 0.717) is 0 Å². The number of rotatable bonds is 1. The first kappa shape index (κ1) is 9.25. The maximum absolute atomic E-state index is 4.57. The highest BCUT2D eigenvalue weighted by molar-refractivity contribution is 5.87. The fourth-order valence-electron chi connectivity index (χ4n) is 1.94. The Balaban J connectivity index is 2.34. The topological polar surface area (TPSA) is 28.1 Å². The Morgan fingerprint density at radius 1 is 1.50 bits per heavy atom. The fraction of sp³-hybridized carbons (Fsp3) is 0.417. The lowest BCUT2D eigenvalue weighted by atomic mass is 9.86. The molecule has 0 spiro atoms. The van der Waals surface area contributed by atoms with Crippen molar-refractivity contribution < 1.29 is 0 Å². The quantitative estimate of drug-likeness (QED) is 0.700.